The van der Waals surface area contributed by atoms with Gasteiger partial charge in [-0.2, -0.15) is 0 Å². The maximum Gasteiger partial charge on any atom is 0.300 e. The molecule has 0 saturated heterocycles. The van der Waals surface area contributed by atoms with Gasteiger partial charge >= 0.3 is 0 Å². The molecule has 0 heterocycles. The third kappa shape index (κ3) is 81.9. The van der Waals surface area contributed by atoms with Crippen LogP contribution in [0.25, 0.3) is 0 Å². The average Bonchev–Trinajstić information content (AvgIpc) is 2.16. The van der Waals surface area contributed by atoms with Crippen LogP contribution < -0.4 is 0 Å². The number of hydrogen-bond donors (Lipinski definition) is 1. The summed E-state index contributed by atoms with van der Waals surface area (Å²) in [6, 6.07) is 0. The van der Waals surface area contributed by atoms with Crippen LogP contribution >= 0.6 is 0 Å². The molecule has 10 nitrogen and oxygen atoms in total. The van der Waals surface area contributed by atoms with Gasteiger partial charge < -0.3 is 5.11 Å². The second kappa shape index (κ2) is 726. The molecule has 0 aromatic heterocycles. The highest BCUT2D eigenvalue weighted by atomic mass is 16.7. The van der Waals surface area contributed by atoms with Gasteiger partial charge in [-0.15, -0.1) is 0 Å². The second-order valence-corrected chi connectivity index (χ2v) is 0.519. The Labute approximate surface area is 63.8 Å². The monoisotopic (exact) mass is 188 g/mol. The van der Waals surface area contributed by atoms with Crippen LogP contribution in [-0.4, -0.2) is 11.1 Å². The van der Waals surface area contributed by atoms with Gasteiger partial charge in [0.05, 0.1) is 0 Å². The topological polar surface area (TPSA) is 174 Å². The Morgan fingerprint density at radius 1 is 0.750 bits per heavy atom. The van der Waals surface area contributed by atoms with Gasteiger partial charge in [0.15, 0.2) is 0 Å². The van der Waals surface area contributed by atoms with E-state index in [0.717, 1.165) is 6.92 Å². The molecule has 0 aliphatic carbocycles. The molecule has 1 N–H and O–H groups in total. The standard InChI is InChI=1S/C2H4O2.4O2/c1-2(3)4;4*1-2/h1H3,(H,3,4);;;;. The highest BCUT2D eigenvalue weighted by Crippen LogP contribution is 1.42. The molecular formula is C2H4O10. The van der Waals surface area contributed by atoms with Crippen LogP contribution in [0.1, 0.15) is 6.92 Å². The quantitative estimate of drug-likeness (QED) is 0.558. The van der Waals surface area contributed by atoms with Crippen LogP contribution in [0.3, 0.4) is 0 Å². The molecule has 0 saturated carbocycles. The molecule has 0 rings (SSSR count). The van der Waals surface area contributed by atoms with Crippen molar-refractivity contribution >= 4 is 5.97 Å². The Hall–Kier alpha value is -2.13. The number of hydrogen-bond acceptors (Lipinski definition) is 9. The van der Waals surface area contributed by atoms with Crippen LogP contribution in [-0.2, 0) is 4.79 Å². The van der Waals surface area contributed by atoms with Crippen LogP contribution in [0, 0.1) is 39.7 Å². The zero-order valence-corrected chi connectivity index (χ0v) is 5.62. The van der Waals surface area contributed by atoms with E-state index in [0.29, 0.717) is 0 Å². The molecule has 0 unspecified atom stereocenters. The Bertz CT molecular complexity index is 58.2. The average molecular weight is 188 g/mol. The van der Waals surface area contributed by atoms with Gasteiger partial charge in [-0.1, -0.05) is 0 Å². The first-order valence-corrected chi connectivity index (χ1v) is 1.59. The van der Waals surface area contributed by atoms with Crippen molar-refractivity contribution in [2.45, 2.75) is 6.92 Å². The first-order chi connectivity index (χ1) is 5.73. The molecule has 72 valence electrons. The normalized spacial score (nSPS) is 3.42. The lowest BCUT2D eigenvalue weighted by molar-refractivity contribution is -0.134. The zero-order valence-electron chi connectivity index (χ0n) is 5.62. The summed E-state index contributed by atoms with van der Waals surface area (Å²) in [5.41, 5.74) is 0. The minimum absolute atomic E-state index is 0.833. The van der Waals surface area contributed by atoms with E-state index >= 15 is 0 Å². The largest absolute Gasteiger partial charge is 0.481 e. The second-order valence-electron chi connectivity index (χ2n) is 0.519. The molecule has 0 aromatic rings. The molecule has 0 bridgehead atoms. The summed E-state index contributed by atoms with van der Waals surface area (Å²) in [6.07, 6.45) is 0. The highest BCUT2D eigenvalue weighted by molar-refractivity contribution is 5.62. The van der Waals surface area contributed by atoms with Gasteiger partial charge in [0.1, 0.15) is 0 Å². The molecule has 0 aromatic carbocycles. The van der Waals surface area contributed by atoms with Crippen molar-refractivity contribution < 1.29 is 9.90 Å². The van der Waals surface area contributed by atoms with Crippen LogP contribution in [0.4, 0.5) is 0 Å². The number of rotatable bonds is 0. The molecule has 0 fully saturated rings. The summed E-state index contributed by atoms with van der Waals surface area (Å²) in [5.74, 6) is -0.833. The van der Waals surface area contributed by atoms with Crippen molar-refractivity contribution in [3.63, 3.8) is 0 Å². The van der Waals surface area contributed by atoms with E-state index in [2.05, 4.69) is 0 Å². The fraction of sp³-hybridized carbons (Fsp3) is 0.500. The minimum Gasteiger partial charge on any atom is -0.481 e. The van der Waals surface area contributed by atoms with Gasteiger partial charge in [0, 0.05) is 46.6 Å². The summed E-state index contributed by atoms with van der Waals surface area (Å²) in [5, 5.41) is 7.42. The Morgan fingerprint density at radius 2 is 0.750 bits per heavy atom. The summed E-state index contributed by atoms with van der Waals surface area (Å²) < 4.78 is 0. The van der Waals surface area contributed by atoms with E-state index in [1.807, 2.05) is 0 Å². The molecule has 10 heteroatoms. The Kier molecular flexibility index (Phi) is 1980. The van der Waals surface area contributed by atoms with E-state index < -0.39 is 5.97 Å². The van der Waals surface area contributed by atoms with Crippen LogP contribution in [0.15, 0.2) is 0 Å². The van der Waals surface area contributed by atoms with E-state index in [1.54, 1.807) is 0 Å². The summed E-state index contributed by atoms with van der Waals surface area (Å²) >= 11 is 0. The predicted molar refractivity (Wildman–Crippen MR) is 40.2 cm³/mol. The lowest BCUT2D eigenvalue weighted by Gasteiger charge is -1.59. The van der Waals surface area contributed by atoms with Crippen LogP contribution in [0.2, 0.25) is 0 Å². The number of carbonyl (C=O) groups is 1. The van der Waals surface area contributed by atoms with E-state index in [-0.39, 0.29) is 0 Å². The molecular weight excluding hydrogens is 184 g/mol. The van der Waals surface area contributed by atoms with Gasteiger partial charge in [0.2, 0.25) is 0 Å². The molecule has 0 spiro atoms. The molecule has 0 aliphatic heterocycles. The number of aliphatic carboxylic acids is 1. The predicted octanol–water partition coefficient (Wildman–Crippen LogP) is 0.359. The lowest BCUT2D eigenvalue weighted by Crippen LogP contribution is -1.78. The maximum absolute atomic E-state index is 9.00. The van der Waals surface area contributed by atoms with Crippen molar-refractivity contribution in [1.29, 1.82) is 0 Å². The molecule has 0 atom stereocenters. The van der Waals surface area contributed by atoms with Crippen molar-refractivity contribution in [1.82, 2.24) is 0 Å². The smallest absolute Gasteiger partial charge is 0.300 e. The first kappa shape index (κ1) is 32.7. The SMILES string of the molecule is CC(=O)O.O=O.O=O.O=O.O=O. The van der Waals surface area contributed by atoms with Gasteiger partial charge in [-0.25, -0.2) is 0 Å². The fourth-order valence-electron chi connectivity index (χ4n) is 0. The summed E-state index contributed by atoms with van der Waals surface area (Å²) in [6.45, 7) is 1.08. The number of carboxylic acid groups (broad SMARTS) is 1. The summed E-state index contributed by atoms with van der Waals surface area (Å²) in [4.78, 5) is 65.0. The first-order valence-electron chi connectivity index (χ1n) is 1.59. The Morgan fingerprint density at radius 3 is 0.750 bits per heavy atom. The van der Waals surface area contributed by atoms with Crippen molar-refractivity contribution in [3.05, 3.63) is 39.7 Å². The molecule has 12 heavy (non-hydrogen) atoms. The maximum atomic E-state index is 9.00. The van der Waals surface area contributed by atoms with Crippen molar-refractivity contribution in [3.8, 4) is 0 Å². The zero-order chi connectivity index (χ0) is 11.6. The highest BCUT2D eigenvalue weighted by Gasteiger charge is 1.65. The molecule has 0 aliphatic rings. The minimum atomic E-state index is -0.833. The molecule has 0 radical (unpaired) electrons. The van der Waals surface area contributed by atoms with Gasteiger partial charge in [-0.05, 0) is 0 Å². The van der Waals surface area contributed by atoms with Crippen molar-refractivity contribution in [2.24, 2.45) is 0 Å². The van der Waals surface area contributed by atoms with Crippen molar-refractivity contribution in [2.75, 3.05) is 0 Å². The Balaban J connectivity index is -0.0000000181. The number of carboxylic acids is 1. The third-order valence-corrected chi connectivity index (χ3v) is 0. The van der Waals surface area contributed by atoms with Gasteiger partial charge in [0.25, 0.3) is 5.97 Å². The van der Waals surface area contributed by atoms with E-state index in [1.165, 1.54) is 0 Å². The van der Waals surface area contributed by atoms with Gasteiger partial charge in [-0.3, -0.25) is 4.79 Å². The lowest BCUT2D eigenvalue weighted by atomic mass is 10.9. The fourth-order valence-corrected chi connectivity index (χ4v) is 0. The van der Waals surface area contributed by atoms with E-state index in [4.69, 9.17) is 49.6 Å². The van der Waals surface area contributed by atoms with Crippen LogP contribution in [0.5, 0.6) is 0 Å². The third-order valence-electron chi connectivity index (χ3n) is 0. The summed E-state index contributed by atoms with van der Waals surface area (Å²) in [7, 11) is 0. The van der Waals surface area contributed by atoms with E-state index in [9.17, 15) is 0 Å². The molecule has 0 amide bonds.